The van der Waals surface area contributed by atoms with E-state index in [-0.39, 0.29) is 18.9 Å². The van der Waals surface area contributed by atoms with Crippen molar-refractivity contribution in [2.24, 2.45) is 5.41 Å². The van der Waals surface area contributed by atoms with E-state index in [4.69, 9.17) is 5.11 Å². The van der Waals surface area contributed by atoms with Gasteiger partial charge in [-0.3, -0.25) is 4.79 Å². The quantitative estimate of drug-likeness (QED) is 0.790. The largest absolute Gasteiger partial charge is 0.481 e. The first-order chi connectivity index (χ1) is 6.90. The molecule has 1 N–H and O–H groups in total. The van der Waals surface area contributed by atoms with E-state index in [1.165, 1.54) is 0 Å². The van der Waals surface area contributed by atoms with Gasteiger partial charge in [-0.15, -0.1) is 0 Å². The molecule has 0 aromatic rings. The summed E-state index contributed by atoms with van der Waals surface area (Å²) in [5, 5.41) is 8.89. The average Bonchev–Trinajstić information content (AvgIpc) is 2.17. The van der Waals surface area contributed by atoms with Crippen molar-refractivity contribution in [3.8, 4) is 0 Å². The van der Waals surface area contributed by atoms with Gasteiger partial charge in [-0.25, -0.2) is 8.78 Å². The third-order valence-electron chi connectivity index (χ3n) is 3.26. The third kappa shape index (κ3) is 2.27. The first kappa shape index (κ1) is 12.4. The molecule has 1 fully saturated rings. The molecule has 0 radical (unpaired) electrons. The zero-order valence-corrected chi connectivity index (χ0v) is 9.04. The van der Waals surface area contributed by atoms with Crippen LogP contribution < -0.4 is 0 Å². The van der Waals surface area contributed by atoms with Gasteiger partial charge in [0.15, 0.2) is 0 Å². The van der Waals surface area contributed by atoms with Gasteiger partial charge in [0.25, 0.3) is 6.43 Å². The normalized spacial score (nSPS) is 22.3. The van der Waals surface area contributed by atoms with E-state index in [1.807, 2.05) is 18.7 Å². The van der Waals surface area contributed by atoms with Crippen molar-refractivity contribution in [2.45, 2.75) is 39.2 Å². The topological polar surface area (TPSA) is 40.5 Å². The predicted octanol–water partition coefficient (Wildman–Crippen LogP) is 1.83. The average molecular weight is 221 g/mol. The zero-order valence-electron chi connectivity index (χ0n) is 9.04. The lowest BCUT2D eigenvalue weighted by molar-refractivity contribution is -0.165. The summed E-state index contributed by atoms with van der Waals surface area (Å²) in [6.45, 7) is 4.84. The van der Waals surface area contributed by atoms with Crippen LogP contribution in [0.3, 0.4) is 0 Å². The Morgan fingerprint density at radius 1 is 1.33 bits per heavy atom. The van der Waals surface area contributed by atoms with Crippen LogP contribution in [0, 0.1) is 5.41 Å². The highest BCUT2D eigenvalue weighted by atomic mass is 19.3. The van der Waals surface area contributed by atoms with Crippen LogP contribution in [0.4, 0.5) is 8.78 Å². The van der Waals surface area contributed by atoms with Crippen molar-refractivity contribution >= 4 is 5.97 Å². The van der Waals surface area contributed by atoms with Gasteiger partial charge in [-0.1, -0.05) is 0 Å². The molecule has 0 aromatic heterocycles. The van der Waals surface area contributed by atoms with E-state index in [0.29, 0.717) is 13.1 Å². The Bertz CT molecular complexity index is 236. The number of halogens is 2. The molecule has 0 amide bonds. The fraction of sp³-hybridized carbons (Fsp3) is 0.900. The molecule has 0 aromatic carbocycles. The molecule has 0 saturated carbocycles. The first-order valence-electron chi connectivity index (χ1n) is 5.16. The lowest BCUT2D eigenvalue weighted by Crippen LogP contribution is -2.50. The maximum absolute atomic E-state index is 12.8. The Labute approximate surface area is 88.1 Å². The van der Waals surface area contributed by atoms with Gasteiger partial charge in [0, 0.05) is 6.04 Å². The van der Waals surface area contributed by atoms with E-state index in [2.05, 4.69) is 0 Å². The number of aliphatic carboxylic acids is 1. The molecule has 0 unspecified atom stereocenters. The number of alkyl halides is 2. The van der Waals surface area contributed by atoms with Crippen LogP contribution in [0.15, 0.2) is 0 Å². The number of piperidine rings is 1. The van der Waals surface area contributed by atoms with E-state index < -0.39 is 17.8 Å². The van der Waals surface area contributed by atoms with Crippen LogP contribution >= 0.6 is 0 Å². The summed E-state index contributed by atoms with van der Waals surface area (Å²) in [6.07, 6.45) is -2.69. The Hall–Kier alpha value is -0.710. The van der Waals surface area contributed by atoms with Crippen LogP contribution in [0.25, 0.3) is 0 Å². The molecule has 1 aliphatic rings. The van der Waals surface area contributed by atoms with Crippen LogP contribution in [-0.2, 0) is 4.79 Å². The molecule has 1 heterocycles. The second-order valence-electron chi connectivity index (χ2n) is 4.39. The Balaban J connectivity index is 2.70. The Kier molecular flexibility index (Phi) is 3.65. The van der Waals surface area contributed by atoms with Crippen molar-refractivity contribution in [3.63, 3.8) is 0 Å². The molecular formula is C10H17F2NO2. The molecule has 1 saturated heterocycles. The molecule has 1 aliphatic heterocycles. The Morgan fingerprint density at radius 2 is 1.80 bits per heavy atom. The summed E-state index contributed by atoms with van der Waals surface area (Å²) in [4.78, 5) is 12.9. The van der Waals surface area contributed by atoms with Gasteiger partial charge in [0.05, 0.1) is 0 Å². The summed E-state index contributed by atoms with van der Waals surface area (Å²) >= 11 is 0. The van der Waals surface area contributed by atoms with Gasteiger partial charge in [0.2, 0.25) is 0 Å². The lowest BCUT2D eigenvalue weighted by atomic mass is 9.78. The van der Waals surface area contributed by atoms with Crippen LogP contribution in [-0.4, -0.2) is 41.5 Å². The van der Waals surface area contributed by atoms with E-state index in [9.17, 15) is 13.6 Å². The molecular weight excluding hydrogens is 204 g/mol. The number of nitrogens with zero attached hydrogens (tertiary/aromatic N) is 1. The van der Waals surface area contributed by atoms with Crippen LogP contribution in [0.5, 0.6) is 0 Å². The van der Waals surface area contributed by atoms with Crippen molar-refractivity contribution in [1.82, 2.24) is 4.90 Å². The fourth-order valence-electron chi connectivity index (χ4n) is 1.96. The minimum atomic E-state index is -2.77. The zero-order chi connectivity index (χ0) is 11.6. The van der Waals surface area contributed by atoms with Gasteiger partial charge in [0.1, 0.15) is 5.41 Å². The molecule has 15 heavy (non-hydrogen) atoms. The highest BCUT2D eigenvalue weighted by Gasteiger charge is 2.49. The summed E-state index contributed by atoms with van der Waals surface area (Å²) in [6, 6.07) is 0.287. The summed E-state index contributed by atoms with van der Waals surface area (Å²) in [7, 11) is 0. The van der Waals surface area contributed by atoms with Crippen molar-refractivity contribution in [2.75, 3.05) is 13.1 Å². The highest BCUT2D eigenvalue weighted by Crippen LogP contribution is 2.38. The molecule has 0 bridgehead atoms. The van der Waals surface area contributed by atoms with Gasteiger partial charge < -0.3 is 10.0 Å². The van der Waals surface area contributed by atoms with Crippen LogP contribution in [0.2, 0.25) is 0 Å². The van der Waals surface area contributed by atoms with E-state index >= 15 is 0 Å². The SMILES string of the molecule is CC(C)N1CCC(C(=O)O)(C(F)F)CC1. The number of carboxylic acid groups (broad SMARTS) is 1. The number of carboxylic acids is 1. The van der Waals surface area contributed by atoms with Crippen molar-refractivity contribution in [3.05, 3.63) is 0 Å². The Morgan fingerprint density at radius 3 is 2.07 bits per heavy atom. The maximum Gasteiger partial charge on any atom is 0.315 e. The summed E-state index contributed by atoms with van der Waals surface area (Å²) in [5.74, 6) is -1.36. The molecule has 0 aliphatic carbocycles. The smallest absolute Gasteiger partial charge is 0.315 e. The van der Waals surface area contributed by atoms with Gasteiger partial charge in [-0.2, -0.15) is 0 Å². The highest BCUT2D eigenvalue weighted by molar-refractivity contribution is 5.75. The lowest BCUT2D eigenvalue weighted by Gasteiger charge is -2.39. The second-order valence-corrected chi connectivity index (χ2v) is 4.39. The predicted molar refractivity (Wildman–Crippen MR) is 52.0 cm³/mol. The maximum atomic E-state index is 12.8. The second kappa shape index (κ2) is 4.43. The monoisotopic (exact) mass is 221 g/mol. The molecule has 88 valence electrons. The number of hydrogen-bond acceptors (Lipinski definition) is 2. The van der Waals surface area contributed by atoms with Gasteiger partial charge in [-0.05, 0) is 39.8 Å². The van der Waals surface area contributed by atoms with Gasteiger partial charge >= 0.3 is 5.97 Å². The number of hydrogen-bond donors (Lipinski definition) is 1. The number of likely N-dealkylation sites (tertiary alicyclic amines) is 1. The molecule has 1 rings (SSSR count). The molecule has 5 heteroatoms. The molecule has 0 atom stereocenters. The standard InChI is InChI=1S/C10H17F2NO2/c1-7(2)13-5-3-10(4-6-13,8(11)12)9(14)15/h7-8H,3-6H2,1-2H3,(H,14,15). The van der Waals surface area contributed by atoms with E-state index in [0.717, 1.165) is 0 Å². The molecule has 0 spiro atoms. The van der Waals surface area contributed by atoms with Crippen molar-refractivity contribution in [1.29, 1.82) is 0 Å². The first-order valence-corrected chi connectivity index (χ1v) is 5.16. The third-order valence-corrected chi connectivity index (χ3v) is 3.26. The summed E-state index contributed by atoms with van der Waals surface area (Å²) < 4.78 is 25.5. The van der Waals surface area contributed by atoms with E-state index in [1.54, 1.807) is 0 Å². The van der Waals surface area contributed by atoms with Crippen molar-refractivity contribution < 1.29 is 18.7 Å². The number of rotatable bonds is 3. The fourth-order valence-corrected chi connectivity index (χ4v) is 1.96. The van der Waals surface area contributed by atoms with Crippen LogP contribution in [0.1, 0.15) is 26.7 Å². The number of carbonyl (C=O) groups is 1. The minimum Gasteiger partial charge on any atom is -0.481 e. The minimum absolute atomic E-state index is 0.0399. The summed E-state index contributed by atoms with van der Waals surface area (Å²) in [5.41, 5.74) is -1.81. The molecule has 3 nitrogen and oxygen atoms in total.